The van der Waals surface area contributed by atoms with Gasteiger partial charge in [0.25, 0.3) is 0 Å². The maximum Gasteiger partial charge on any atom is 0.124 e. The first-order chi connectivity index (χ1) is 9.08. The molecule has 0 aliphatic heterocycles. The minimum absolute atomic E-state index is 0.250. The third-order valence-corrected chi connectivity index (χ3v) is 3.80. The van der Waals surface area contributed by atoms with Gasteiger partial charge in [-0.2, -0.15) is 0 Å². The highest BCUT2D eigenvalue weighted by atomic mass is 79.9. The predicted octanol–water partition coefficient (Wildman–Crippen LogP) is 4.97. The highest BCUT2D eigenvalue weighted by Crippen LogP contribution is 2.25. The van der Waals surface area contributed by atoms with Crippen LogP contribution in [0, 0.1) is 5.82 Å². The number of ether oxygens (including phenoxy) is 1. The maximum absolute atomic E-state index is 13.0. The Balaban J connectivity index is 2.12. The number of halogens is 3. The first kappa shape index (κ1) is 14.3. The van der Waals surface area contributed by atoms with Gasteiger partial charge in [-0.3, -0.25) is 0 Å². The van der Waals surface area contributed by atoms with Crippen LogP contribution in [0.2, 0.25) is 0 Å². The van der Waals surface area contributed by atoms with E-state index in [2.05, 4.69) is 37.2 Å². The van der Waals surface area contributed by atoms with E-state index in [1.807, 2.05) is 18.2 Å². The second-order valence-corrected chi connectivity index (χ2v) is 5.74. The van der Waals surface area contributed by atoms with Gasteiger partial charge in [0.05, 0.1) is 7.11 Å². The molecule has 1 N–H and O–H groups in total. The zero-order valence-electron chi connectivity index (χ0n) is 10.2. The zero-order valence-corrected chi connectivity index (χ0v) is 13.4. The molecule has 0 aliphatic carbocycles. The van der Waals surface area contributed by atoms with E-state index in [0.29, 0.717) is 6.54 Å². The van der Waals surface area contributed by atoms with Gasteiger partial charge in [-0.25, -0.2) is 4.39 Å². The monoisotopic (exact) mass is 387 g/mol. The zero-order chi connectivity index (χ0) is 13.8. The van der Waals surface area contributed by atoms with Gasteiger partial charge in [-0.1, -0.05) is 37.9 Å². The summed E-state index contributed by atoms with van der Waals surface area (Å²) in [6, 6.07) is 10.4. The molecule has 0 saturated heterocycles. The molecule has 0 atom stereocenters. The predicted molar refractivity (Wildman–Crippen MR) is 82.1 cm³/mol. The summed E-state index contributed by atoms with van der Waals surface area (Å²) in [7, 11) is 1.63. The number of methoxy groups -OCH3 is 1. The van der Waals surface area contributed by atoms with Crippen molar-refractivity contribution in [2.45, 2.75) is 6.54 Å². The van der Waals surface area contributed by atoms with E-state index in [0.717, 1.165) is 25.9 Å². The van der Waals surface area contributed by atoms with Crippen molar-refractivity contribution in [1.29, 1.82) is 0 Å². The molecule has 0 saturated carbocycles. The van der Waals surface area contributed by atoms with E-state index in [-0.39, 0.29) is 5.82 Å². The minimum atomic E-state index is -0.250. The van der Waals surface area contributed by atoms with Crippen LogP contribution in [0.1, 0.15) is 5.56 Å². The van der Waals surface area contributed by atoms with E-state index in [1.165, 1.54) is 12.1 Å². The van der Waals surface area contributed by atoms with E-state index in [1.54, 1.807) is 13.2 Å². The number of hydrogen-bond acceptors (Lipinski definition) is 2. The highest BCUT2D eigenvalue weighted by Gasteiger charge is 2.03. The first-order valence-corrected chi connectivity index (χ1v) is 7.19. The minimum Gasteiger partial charge on any atom is -0.497 e. The van der Waals surface area contributed by atoms with Crippen LogP contribution >= 0.6 is 31.9 Å². The Kier molecular flexibility index (Phi) is 4.82. The van der Waals surface area contributed by atoms with E-state index >= 15 is 0 Å². The normalized spacial score (nSPS) is 10.3. The molecule has 0 heterocycles. The van der Waals surface area contributed by atoms with Crippen molar-refractivity contribution >= 4 is 37.5 Å². The van der Waals surface area contributed by atoms with Crippen LogP contribution < -0.4 is 10.1 Å². The molecule has 0 unspecified atom stereocenters. The fourth-order valence-electron chi connectivity index (χ4n) is 1.64. The average molecular weight is 389 g/mol. The lowest BCUT2D eigenvalue weighted by Crippen LogP contribution is -2.01. The molecule has 100 valence electrons. The van der Waals surface area contributed by atoms with Gasteiger partial charge < -0.3 is 10.1 Å². The molecular weight excluding hydrogens is 377 g/mol. The molecule has 0 spiro atoms. The van der Waals surface area contributed by atoms with Crippen LogP contribution in [-0.4, -0.2) is 7.11 Å². The van der Waals surface area contributed by atoms with E-state index in [9.17, 15) is 4.39 Å². The molecule has 0 amide bonds. The Hall–Kier alpha value is -1.07. The summed E-state index contributed by atoms with van der Waals surface area (Å²) in [6.45, 7) is 0.598. The van der Waals surface area contributed by atoms with Gasteiger partial charge in [0, 0.05) is 27.2 Å². The molecule has 19 heavy (non-hydrogen) atoms. The summed E-state index contributed by atoms with van der Waals surface area (Å²) in [5, 5.41) is 3.27. The SMILES string of the molecule is COc1cc(Br)cc(NCc2ccc(F)cc2Br)c1. The van der Waals surface area contributed by atoms with Crippen LogP contribution in [0.3, 0.4) is 0 Å². The molecule has 2 aromatic carbocycles. The van der Waals surface area contributed by atoms with Gasteiger partial charge in [-0.05, 0) is 29.8 Å². The summed E-state index contributed by atoms with van der Waals surface area (Å²) in [6.07, 6.45) is 0. The summed E-state index contributed by atoms with van der Waals surface area (Å²) in [5.74, 6) is 0.523. The number of benzene rings is 2. The van der Waals surface area contributed by atoms with Crippen LogP contribution in [0.5, 0.6) is 5.75 Å². The van der Waals surface area contributed by atoms with E-state index < -0.39 is 0 Å². The van der Waals surface area contributed by atoms with Crippen molar-refractivity contribution in [1.82, 2.24) is 0 Å². The number of hydrogen-bond donors (Lipinski definition) is 1. The largest absolute Gasteiger partial charge is 0.497 e. The molecule has 0 bridgehead atoms. The fraction of sp³-hybridized carbons (Fsp3) is 0.143. The Labute approximate surface area is 128 Å². The van der Waals surface area contributed by atoms with Gasteiger partial charge in [0.15, 0.2) is 0 Å². The third-order valence-electron chi connectivity index (χ3n) is 2.61. The lowest BCUT2D eigenvalue weighted by atomic mass is 10.2. The highest BCUT2D eigenvalue weighted by molar-refractivity contribution is 9.10. The Morgan fingerprint density at radius 3 is 2.63 bits per heavy atom. The summed E-state index contributed by atoms with van der Waals surface area (Å²) in [4.78, 5) is 0. The topological polar surface area (TPSA) is 21.3 Å². The van der Waals surface area contributed by atoms with Crippen LogP contribution in [0.25, 0.3) is 0 Å². The van der Waals surface area contributed by atoms with Crippen molar-refractivity contribution in [3.63, 3.8) is 0 Å². The first-order valence-electron chi connectivity index (χ1n) is 5.61. The lowest BCUT2D eigenvalue weighted by molar-refractivity contribution is 0.414. The Morgan fingerprint density at radius 1 is 1.16 bits per heavy atom. The number of rotatable bonds is 4. The number of nitrogens with one attached hydrogen (secondary N) is 1. The van der Waals surface area contributed by atoms with Crippen LogP contribution in [-0.2, 0) is 6.54 Å². The molecule has 0 fully saturated rings. The van der Waals surface area contributed by atoms with Crippen molar-refractivity contribution in [3.05, 3.63) is 56.7 Å². The van der Waals surface area contributed by atoms with Crippen LogP contribution in [0.4, 0.5) is 10.1 Å². The van der Waals surface area contributed by atoms with Crippen LogP contribution in [0.15, 0.2) is 45.3 Å². The Bertz CT molecular complexity index is 590. The van der Waals surface area contributed by atoms with Crippen molar-refractivity contribution < 1.29 is 9.13 Å². The molecule has 5 heteroatoms. The third kappa shape index (κ3) is 3.94. The molecule has 2 nitrogen and oxygen atoms in total. The summed E-state index contributed by atoms with van der Waals surface area (Å²) in [5.41, 5.74) is 1.92. The van der Waals surface area contributed by atoms with Gasteiger partial charge in [0.1, 0.15) is 11.6 Å². The molecule has 0 aliphatic rings. The number of anilines is 1. The van der Waals surface area contributed by atoms with Crippen molar-refractivity contribution in [3.8, 4) is 5.75 Å². The lowest BCUT2D eigenvalue weighted by Gasteiger charge is -2.10. The molecular formula is C14H12Br2FNO. The maximum atomic E-state index is 13.0. The van der Waals surface area contributed by atoms with Crippen molar-refractivity contribution in [2.75, 3.05) is 12.4 Å². The quantitative estimate of drug-likeness (QED) is 0.798. The average Bonchev–Trinajstić information content (AvgIpc) is 2.37. The standard InChI is InChI=1S/C14H12Br2FNO/c1-19-13-5-10(15)4-12(7-13)18-8-9-2-3-11(17)6-14(9)16/h2-7,18H,8H2,1H3. The summed E-state index contributed by atoms with van der Waals surface area (Å²) >= 11 is 6.77. The van der Waals surface area contributed by atoms with Gasteiger partial charge in [0.2, 0.25) is 0 Å². The molecule has 0 radical (unpaired) electrons. The Morgan fingerprint density at radius 2 is 1.95 bits per heavy atom. The second kappa shape index (κ2) is 6.39. The molecule has 2 rings (SSSR count). The van der Waals surface area contributed by atoms with Gasteiger partial charge in [-0.15, -0.1) is 0 Å². The molecule has 0 aromatic heterocycles. The van der Waals surface area contributed by atoms with E-state index in [4.69, 9.17) is 4.74 Å². The fourth-order valence-corrected chi connectivity index (χ4v) is 2.61. The smallest absolute Gasteiger partial charge is 0.124 e. The summed E-state index contributed by atoms with van der Waals surface area (Å²) < 4.78 is 19.9. The van der Waals surface area contributed by atoms with Gasteiger partial charge >= 0.3 is 0 Å². The molecule has 2 aromatic rings. The van der Waals surface area contributed by atoms with Crippen molar-refractivity contribution in [2.24, 2.45) is 0 Å². The second-order valence-electron chi connectivity index (χ2n) is 3.97.